The molecule has 0 bridgehead atoms. The van der Waals surface area contributed by atoms with Gasteiger partial charge in [-0.15, -0.1) is 0 Å². The molecule has 2 aromatic carbocycles. The molecule has 0 unspecified atom stereocenters. The first-order valence-electron chi connectivity index (χ1n) is 8.90. The van der Waals surface area contributed by atoms with Crippen LogP contribution in [0, 0.1) is 0 Å². The molecular formula is C21H23NO4. The zero-order valence-electron chi connectivity index (χ0n) is 14.8. The van der Waals surface area contributed by atoms with Crippen molar-refractivity contribution in [2.75, 3.05) is 0 Å². The molecule has 3 rings (SSSR count). The topological polar surface area (TPSA) is 55.6 Å². The normalized spacial score (nSPS) is 18.3. The molecule has 1 heterocycles. The standard InChI is InChI=1S/C21H23NO4/c1-2-9-18-19(20(23)25-14-16-10-5-3-6-11-16)22(18)21(24)26-15-17-12-7-4-8-13-17/h3-8,10-13,18-19H,2,9,14-15H2,1H3/t18-,19+,22?/m1/s1. The molecule has 5 nitrogen and oxygen atoms in total. The third kappa shape index (κ3) is 4.42. The summed E-state index contributed by atoms with van der Waals surface area (Å²) in [5.41, 5.74) is 1.84. The Morgan fingerprint density at radius 2 is 1.42 bits per heavy atom. The average Bonchev–Trinajstić information content (AvgIpc) is 3.40. The Bertz CT molecular complexity index is 671. The number of hydrogen-bond donors (Lipinski definition) is 0. The number of ether oxygens (including phenoxy) is 2. The molecule has 136 valence electrons. The minimum Gasteiger partial charge on any atom is -0.459 e. The summed E-state index contributed by atoms with van der Waals surface area (Å²) in [6.07, 6.45) is 1.18. The van der Waals surface area contributed by atoms with Crippen molar-refractivity contribution in [1.82, 2.24) is 4.90 Å². The summed E-state index contributed by atoms with van der Waals surface area (Å²) in [5, 5.41) is 0. The first-order valence-corrected chi connectivity index (χ1v) is 8.90. The van der Waals surface area contributed by atoms with Gasteiger partial charge in [-0.25, -0.2) is 9.59 Å². The summed E-state index contributed by atoms with van der Waals surface area (Å²) < 4.78 is 10.7. The lowest BCUT2D eigenvalue weighted by Crippen LogP contribution is -2.21. The lowest BCUT2D eigenvalue weighted by atomic mass is 10.2. The largest absolute Gasteiger partial charge is 0.459 e. The van der Waals surface area contributed by atoms with Crippen molar-refractivity contribution in [2.24, 2.45) is 0 Å². The summed E-state index contributed by atoms with van der Waals surface area (Å²) in [4.78, 5) is 26.2. The summed E-state index contributed by atoms with van der Waals surface area (Å²) in [6, 6.07) is 18.3. The smallest absolute Gasteiger partial charge is 0.411 e. The maximum atomic E-state index is 12.4. The fourth-order valence-electron chi connectivity index (χ4n) is 3.00. The van der Waals surface area contributed by atoms with Crippen LogP contribution in [0.2, 0.25) is 0 Å². The molecule has 0 spiro atoms. The van der Waals surface area contributed by atoms with Gasteiger partial charge < -0.3 is 9.47 Å². The van der Waals surface area contributed by atoms with E-state index in [0.29, 0.717) is 0 Å². The second kappa shape index (κ2) is 8.52. The van der Waals surface area contributed by atoms with Gasteiger partial charge in [-0.3, -0.25) is 4.90 Å². The maximum Gasteiger partial charge on any atom is 0.411 e. The summed E-state index contributed by atoms with van der Waals surface area (Å²) in [7, 11) is 0. The predicted molar refractivity (Wildman–Crippen MR) is 97.2 cm³/mol. The highest BCUT2D eigenvalue weighted by Gasteiger charge is 2.56. The zero-order chi connectivity index (χ0) is 18.4. The van der Waals surface area contributed by atoms with Crippen molar-refractivity contribution in [3.8, 4) is 0 Å². The Balaban J connectivity index is 1.54. The first-order chi connectivity index (χ1) is 12.7. The van der Waals surface area contributed by atoms with Gasteiger partial charge >= 0.3 is 12.1 Å². The SMILES string of the molecule is CCC[C@@H]1[C@@H](C(=O)OCc2ccccc2)N1C(=O)OCc1ccccc1. The minimum atomic E-state index is -0.540. The molecule has 2 aromatic rings. The van der Waals surface area contributed by atoms with Crippen LogP contribution in [0.1, 0.15) is 30.9 Å². The van der Waals surface area contributed by atoms with E-state index in [1.165, 1.54) is 4.90 Å². The van der Waals surface area contributed by atoms with Crippen LogP contribution < -0.4 is 0 Å². The molecule has 26 heavy (non-hydrogen) atoms. The van der Waals surface area contributed by atoms with E-state index in [4.69, 9.17) is 9.47 Å². The molecule has 1 aliphatic heterocycles. The highest BCUT2D eigenvalue weighted by Crippen LogP contribution is 2.34. The van der Waals surface area contributed by atoms with Gasteiger partial charge in [0, 0.05) is 0 Å². The number of nitrogens with zero attached hydrogens (tertiary/aromatic N) is 1. The van der Waals surface area contributed by atoms with Gasteiger partial charge in [-0.05, 0) is 17.5 Å². The van der Waals surface area contributed by atoms with Crippen LogP contribution in [0.5, 0.6) is 0 Å². The predicted octanol–water partition coefficient (Wildman–Crippen LogP) is 3.92. The maximum absolute atomic E-state index is 12.4. The van der Waals surface area contributed by atoms with Crippen molar-refractivity contribution < 1.29 is 19.1 Å². The van der Waals surface area contributed by atoms with Crippen molar-refractivity contribution >= 4 is 12.1 Å². The van der Waals surface area contributed by atoms with Crippen molar-refractivity contribution in [3.63, 3.8) is 0 Å². The van der Waals surface area contributed by atoms with Gasteiger partial charge in [0.25, 0.3) is 0 Å². The van der Waals surface area contributed by atoms with Gasteiger partial charge in [0.15, 0.2) is 6.04 Å². The zero-order valence-corrected chi connectivity index (χ0v) is 14.8. The van der Waals surface area contributed by atoms with Gasteiger partial charge in [0.1, 0.15) is 13.2 Å². The molecule has 0 saturated carbocycles. The van der Waals surface area contributed by atoms with E-state index in [1.807, 2.05) is 67.6 Å². The van der Waals surface area contributed by atoms with Crippen LogP contribution >= 0.6 is 0 Å². The molecule has 0 radical (unpaired) electrons. The monoisotopic (exact) mass is 353 g/mol. The molecular weight excluding hydrogens is 330 g/mol. The van der Waals surface area contributed by atoms with E-state index in [0.717, 1.165) is 24.0 Å². The third-order valence-electron chi connectivity index (χ3n) is 4.40. The van der Waals surface area contributed by atoms with E-state index in [-0.39, 0.29) is 25.2 Å². The van der Waals surface area contributed by atoms with E-state index < -0.39 is 12.1 Å². The van der Waals surface area contributed by atoms with E-state index >= 15 is 0 Å². The van der Waals surface area contributed by atoms with Crippen molar-refractivity contribution in [3.05, 3.63) is 71.8 Å². The quantitative estimate of drug-likeness (QED) is 0.559. The number of esters is 1. The number of carbonyl (C=O) groups is 2. The van der Waals surface area contributed by atoms with Crippen LogP contribution in [0.4, 0.5) is 4.79 Å². The number of hydrogen-bond acceptors (Lipinski definition) is 4. The summed E-state index contributed by atoms with van der Waals surface area (Å²) in [5.74, 6) is -0.371. The Hall–Kier alpha value is -2.82. The fourth-order valence-corrected chi connectivity index (χ4v) is 3.00. The van der Waals surface area contributed by atoms with Crippen LogP contribution in [0.15, 0.2) is 60.7 Å². The molecule has 0 aliphatic carbocycles. The molecule has 1 amide bonds. The molecule has 5 heteroatoms. The number of amides is 1. The van der Waals surface area contributed by atoms with E-state index in [1.54, 1.807) is 0 Å². The van der Waals surface area contributed by atoms with Gasteiger partial charge in [0.2, 0.25) is 0 Å². The molecule has 0 N–H and O–H groups in total. The molecule has 2 atom stereocenters. The fraction of sp³-hybridized carbons (Fsp3) is 0.333. The molecule has 1 saturated heterocycles. The Morgan fingerprint density at radius 3 is 1.96 bits per heavy atom. The van der Waals surface area contributed by atoms with Crippen molar-refractivity contribution in [2.45, 2.75) is 45.1 Å². The number of rotatable bonds is 7. The Labute approximate surface area is 153 Å². The number of carbonyl (C=O) groups excluding carboxylic acids is 2. The number of benzene rings is 2. The van der Waals surface area contributed by atoms with Crippen LogP contribution in [-0.4, -0.2) is 29.0 Å². The highest BCUT2D eigenvalue weighted by atomic mass is 16.6. The second-order valence-electron chi connectivity index (χ2n) is 6.34. The Morgan fingerprint density at radius 1 is 0.885 bits per heavy atom. The van der Waals surface area contributed by atoms with E-state index in [2.05, 4.69) is 0 Å². The first kappa shape index (κ1) is 18.0. The molecule has 1 fully saturated rings. The molecule has 0 aromatic heterocycles. The average molecular weight is 353 g/mol. The summed E-state index contributed by atoms with van der Waals surface area (Å²) in [6.45, 7) is 2.43. The van der Waals surface area contributed by atoms with Crippen LogP contribution in [0.3, 0.4) is 0 Å². The minimum absolute atomic E-state index is 0.133. The van der Waals surface area contributed by atoms with Crippen molar-refractivity contribution in [1.29, 1.82) is 0 Å². The van der Waals surface area contributed by atoms with Gasteiger partial charge in [0.05, 0.1) is 6.04 Å². The lowest BCUT2D eigenvalue weighted by Gasteiger charge is -2.07. The van der Waals surface area contributed by atoms with Crippen LogP contribution in [0.25, 0.3) is 0 Å². The van der Waals surface area contributed by atoms with Gasteiger partial charge in [-0.1, -0.05) is 74.0 Å². The highest BCUT2D eigenvalue weighted by molar-refractivity contribution is 5.88. The Kier molecular flexibility index (Phi) is 5.89. The third-order valence-corrected chi connectivity index (χ3v) is 4.40. The summed E-state index contributed by atoms with van der Waals surface area (Å²) >= 11 is 0. The lowest BCUT2D eigenvalue weighted by molar-refractivity contribution is -0.145. The van der Waals surface area contributed by atoms with Crippen LogP contribution in [-0.2, 0) is 27.5 Å². The molecule has 1 aliphatic rings. The van der Waals surface area contributed by atoms with E-state index in [9.17, 15) is 9.59 Å². The van der Waals surface area contributed by atoms with Gasteiger partial charge in [-0.2, -0.15) is 0 Å². The second-order valence-corrected chi connectivity index (χ2v) is 6.34.